The maximum Gasteiger partial charge on any atom is 0.332 e. The number of amides is 8. The Hall–Kier alpha value is -7.74. The third-order valence-electron chi connectivity index (χ3n) is 17.5. The number of benzene rings is 3. The summed E-state index contributed by atoms with van der Waals surface area (Å²) >= 11 is 0. The molecule has 8 amide bonds. The summed E-state index contributed by atoms with van der Waals surface area (Å²) in [5, 5.41) is 21.4. The van der Waals surface area contributed by atoms with Crippen LogP contribution in [0.5, 0.6) is 0 Å². The van der Waals surface area contributed by atoms with Crippen molar-refractivity contribution in [3.05, 3.63) is 102 Å². The number of hydrogen-bond donors (Lipinski definition) is 4. The Kier molecular flexibility index (Phi) is 23.8. The summed E-state index contributed by atoms with van der Waals surface area (Å²) in [6.07, 6.45) is 2.18. The zero-order valence-corrected chi connectivity index (χ0v) is 53.4. The highest BCUT2D eigenvalue weighted by molar-refractivity contribution is 5.99. The number of nitrogens with one attached hydrogen (secondary N) is 3. The van der Waals surface area contributed by atoms with Crippen LogP contribution in [0.1, 0.15) is 125 Å². The van der Waals surface area contributed by atoms with Crippen LogP contribution < -0.4 is 16.0 Å². The zero-order valence-electron chi connectivity index (χ0n) is 53.4. The Bertz CT molecular complexity index is 3090. The molecule has 6 unspecified atom stereocenters. The molecule has 20 nitrogen and oxygen atoms in total. The number of hydrogen-bond acceptors (Lipinski definition) is 12. The van der Waals surface area contributed by atoms with Gasteiger partial charge in [0.15, 0.2) is 12.1 Å². The van der Waals surface area contributed by atoms with Crippen molar-refractivity contribution in [3.8, 4) is 11.1 Å². The highest BCUT2D eigenvalue weighted by atomic mass is 16.6. The van der Waals surface area contributed by atoms with Gasteiger partial charge in [0.05, 0.1) is 11.1 Å². The van der Waals surface area contributed by atoms with Gasteiger partial charge in [-0.1, -0.05) is 134 Å². The van der Waals surface area contributed by atoms with Crippen molar-refractivity contribution in [1.29, 1.82) is 0 Å². The summed E-state index contributed by atoms with van der Waals surface area (Å²) in [7, 11) is 5.64. The first-order chi connectivity index (χ1) is 41.1. The Labute approximate surface area is 513 Å². The van der Waals surface area contributed by atoms with E-state index in [2.05, 4.69) is 20.9 Å². The first-order valence-electron chi connectivity index (χ1n) is 30.8. The Balaban J connectivity index is 1.51. The van der Waals surface area contributed by atoms with Crippen LogP contribution in [0.2, 0.25) is 0 Å². The molecular formula is C67H93N9O11. The average molecular weight is 1200 g/mol. The van der Waals surface area contributed by atoms with Gasteiger partial charge in [-0.3, -0.25) is 43.3 Å². The number of rotatable bonds is 14. The lowest BCUT2D eigenvalue weighted by molar-refractivity contribution is -0.177. The first kappa shape index (κ1) is 68.4. The molecule has 2 aliphatic heterocycles. The van der Waals surface area contributed by atoms with Crippen LogP contribution >= 0.6 is 0 Å². The van der Waals surface area contributed by atoms with E-state index < -0.39 is 125 Å². The molecule has 1 aromatic heterocycles. The van der Waals surface area contributed by atoms with E-state index in [4.69, 9.17) is 4.74 Å². The third kappa shape index (κ3) is 16.5. The van der Waals surface area contributed by atoms with Crippen LogP contribution in [0.3, 0.4) is 0 Å². The maximum absolute atomic E-state index is 15.7. The number of aromatic nitrogens is 1. The summed E-state index contributed by atoms with van der Waals surface area (Å²) in [5.41, 5.74) is 1.92. The second-order valence-corrected chi connectivity index (χ2v) is 24.9. The molecule has 3 heterocycles. The molecule has 6 rings (SSSR count). The Morgan fingerprint density at radius 2 is 1.28 bits per heavy atom. The van der Waals surface area contributed by atoms with Gasteiger partial charge in [0.2, 0.25) is 41.4 Å². The Morgan fingerprint density at radius 1 is 0.644 bits per heavy atom. The van der Waals surface area contributed by atoms with Crippen molar-refractivity contribution in [2.45, 2.75) is 187 Å². The molecule has 2 aliphatic rings. The smallest absolute Gasteiger partial charge is 0.332 e. The Morgan fingerprint density at radius 3 is 1.92 bits per heavy atom. The fourth-order valence-electron chi connectivity index (χ4n) is 11.8. The maximum atomic E-state index is 15.7. The topological polar surface area (TPSA) is 248 Å². The molecule has 0 spiro atoms. The first-order valence-corrected chi connectivity index (χ1v) is 30.8. The van der Waals surface area contributed by atoms with Gasteiger partial charge in [0.25, 0.3) is 5.91 Å². The van der Waals surface area contributed by atoms with Gasteiger partial charge in [0.1, 0.15) is 42.3 Å². The van der Waals surface area contributed by atoms with Crippen LogP contribution in [0, 0.1) is 17.8 Å². The van der Waals surface area contributed by atoms with E-state index >= 15 is 19.2 Å². The van der Waals surface area contributed by atoms with E-state index in [0.717, 1.165) is 26.9 Å². The monoisotopic (exact) mass is 1200 g/mol. The second-order valence-electron chi connectivity index (χ2n) is 24.9. The van der Waals surface area contributed by atoms with Crippen LogP contribution in [-0.4, -0.2) is 183 Å². The normalized spacial score (nSPS) is 25.0. The fraction of sp³-hybridized carbons (Fsp3) is 0.552. The van der Waals surface area contributed by atoms with Crippen LogP contribution in [0.25, 0.3) is 22.0 Å². The molecule has 87 heavy (non-hydrogen) atoms. The standard InChI is InChI=1S/C67H93N9O11/c1-15-25-52-59(78)70-51(38-44-26-19-18-20-27-44)61(80)74(13)54(39-45-28-21-29-46(37-45)47-30-22-32-49-48(47)31-23-34-68-49)63(82)76-35-24-33-53(76)60(79)71-55(41(6)16-2)64(83)72(11)43(8)58(77)69-50(36-40(4)5)62(81)75(14)57(67(9,10)86)66(85)87-56(42(7)17-3)65(84)73(52)12/h18-23,26-32,34,37,40-43,50-57,86H,15-17,24-25,33,35-36,38-39H2,1-14H3,(H,69,77)(H,70,78)(H,71,79)/t41?,42-,43+,50?,51?,52+,53+,54+,55?,56?,57?/m1/s1. The number of cyclic esters (lactones) is 1. The predicted molar refractivity (Wildman–Crippen MR) is 333 cm³/mol. The lowest BCUT2D eigenvalue weighted by Gasteiger charge is -2.39. The summed E-state index contributed by atoms with van der Waals surface area (Å²) in [6, 6.07) is 16.1. The van der Waals surface area contributed by atoms with Crippen molar-refractivity contribution in [2.24, 2.45) is 17.8 Å². The van der Waals surface area contributed by atoms with Gasteiger partial charge in [-0.05, 0) is 99.1 Å². The largest absolute Gasteiger partial charge is 0.450 e. The SMILES string of the molecule is CCC[C@H]1C(=O)NC(Cc2ccccc2)C(=O)N(C)[C@@H](Cc2cccc(-c3cccc4ncccc34)c2)C(=O)N2CCC[C@H]2C(=O)NC(C(C)CC)C(=O)N(C)[C@@H](C)C(=O)NC(CC(C)C)C(=O)N(C)C(C(C)(C)O)C(=O)OC([C@H](C)CC)C(=O)N1C. The molecule has 4 aromatic rings. The summed E-state index contributed by atoms with van der Waals surface area (Å²) in [5.74, 6) is -7.71. The van der Waals surface area contributed by atoms with Gasteiger partial charge in [-0.25, -0.2) is 4.79 Å². The molecular weight excluding hydrogens is 1110 g/mol. The minimum atomic E-state index is -1.98. The van der Waals surface area contributed by atoms with E-state index in [1.165, 1.54) is 68.6 Å². The van der Waals surface area contributed by atoms with E-state index in [1.54, 1.807) is 39.1 Å². The minimum Gasteiger partial charge on any atom is -0.450 e. The van der Waals surface area contributed by atoms with Gasteiger partial charge >= 0.3 is 5.97 Å². The number of aliphatic hydroxyl groups is 1. The second kappa shape index (κ2) is 30.3. The highest BCUT2D eigenvalue weighted by Gasteiger charge is 2.47. The number of ether oxygens (including phenoxy) is 1. The number of pyridine rings is 1. The van der Waals surface area contributed by atoms with Crippen molar-refractivity contribution in [1.82, 2.24) is 45.4 Å². The highest BCUT2D eigenvalue weighted by Crippen LogP contribution is 2.31. The van der Waals surface area contributed by atoms with Crippen LogP contribution in [-0.2, 0) is 60.7 Å². The van der Waals surface area contributed by atoms with Gasteiger partial charge in [-0.15, -0.1) is 0 Å². The molecule has 2 fully saturated rings. The van der Waals surface area contributed by atoms with E-state index in [9.17, 15) is 29.1 Å². The number of nitrogens with zero attached hydrogens (tertiary/aromatic N) is 6. The lowest BCUT2D eigenvalue weighted by Crippen LogP contribution is -2.62. The lowest BCUT2D eigenvalue weighted by atomic mass is 9.94. The molecule has 11 atom stereocenters. The van der Waals surface area contributed by atoms with E-state index in [0.29, 0.717) is 36.8 Å². The van der Waals surface area contributed by atoms with E-state index in [1.807, 2.05) is 100 Å². The molecule has 0 saturated carbocycles. The van der Waals surface area contributed by atoms with Gasteiger partial charge in [-0.2, -0.15) is 0 Å². The van der Waals surface area contributed by atoms with Crippen molar-refractivity contribution in [2.75, 3.05) is 34.7 Å². The molecule has 472 valence electrons. The van der Waals surface area contributed by atoms with E-state index in [-0.39, 0.29) is 44.6 Å². The summed E-state index contributed by atoms with van der Waals surface area (Å²) < 4.78 is 6.11. The molecule has 0 radical (unpaired) electrons. The molecule has 0 bridgehead atoms. The fourth-order valence-corrected chi connectivity index (χ4v) is 11.8. The molecule has 4 N–H and O–H groups in total. The number of esters is 1. The van der Waals surface area contributed by atoms with Crippen LogP contribution in [0.4, 0.5) is 0 Å². The molecule has 3 aromatic carbocycles. The summed E-state index contributed by atoms with van der Waals surface area (Å²) in [6.45, 7) is 16.9. The number of carbonyl (C=O) groups is 9. The number of likely N-dealkylation sites (N-methyl/N-ethyl adjacent to an activating group) is 4. The summed E-state index contributed by atoms with van der Waals surface area (Å²) in [4.78, 5) is 146. The number of carbonyl (C=O) groups excluding carboxylic acids is 9. The van der Waals surface area contributed by atoms with Gasteiger partial charge in [0, 0.05) is 65.1 Å². The van der Waals surface area contributed by atoms with Crippen LogP contribution in [0.15, 0.2) is 91.1 Å². The third-order valence-corrected chi connectivity index (χ3v) is 17.5. The zero-order chi connectivity index (χ0) is 64.2. The quantitative estimate of drug-likeness (QED) is 0.105. The average Bonchev–Trinajstić information content (AvgIpc) is 2.14. The van der Waals surface area contributed by atoms with Crippen molar-refractivity contribution >= 4 is 64.1 Å². The van der Waals surface area contributed by atoms with Crippen molar-refractivity contribution in [3.63, 3.8) is 0 Å². The van der Waals surface area contributed by atoms with Crippen molar-refractivity contribution < 1.29 is 53.0 Å². The molecule has 20 heteroatoms. The van der Waals surface area contributed by atoms with Gasteiger partial charge < -0.3 is 50.3 Å². The number of fused-ring (bicyclic) bond motifs is 2. The molecule has 0 aliphatic carbocycles. The minimum absolute atomic E-state index is 0.0212. The molecule has 2 saturated heterocycles. The predicted octanol–water partition coefficient (Wildman–Crippen LogP) is 6.10.